The normalized spacial score (nSPS) is 13.7. The molecule has 0 N–H and O–H groups in total. The first-order valence-corrected chi connectivity index (χ1v) is 10.7. The number of nitrogens with zero attached hydrogens (tertiary/aromatic N) is 2. The van der Waals surface area contributed by atoms with Crippen molar-refractivity contribution in [2.75, 3.05) is 0 Å². The fraction of sp³-hybridized carbons (Fsp3) is 0.103. The minimum absolute atomic E-state index is 0.0604. The van der Waals surface area contributed by atoms with E-state index in [1.807, 2.05) is 24.7 Å². The lowest BCUT2D eigenvalue weighted by Crippen LogP contribution is -2.15. The van der Waals surface area contributed by atoms with Crippen LogP contribution in [0.3, 0.4) is 0 Å². The lowest BCUT2D eigenvalue weighted by Gasteiger charge is -2.22. The summed E-state index contributed by atoms with van der Waals surface area (Å²) in [7, 11) is 0. The predicted octanol–water partition coefficient (Wildman–Crippen LogP) is 7.27. The minimum atomic E-state index is -0.0604. The van der Waals surface area contributed by atoms with Crippen LogP contribution in [0.4, 0.5) is 0 Å². The molecule has 0 saturated heterocycles. The molecule has 2 aromatic heterocycles. The monoisotopic (exact) mass is 398 g/mol. The number of hydrogen-bond donors (Lipinski definition) is 0. The van der Waals surface area contributed by atoms with Crippen LogP contribution in [-0.4, -0.2) is 9.97 Å². The Kier molecular flexibility index (Phi) is 3.85. The maximum absolute atomic E-state index is 4.59. The van der Waals surface area contributed by atoms with Gasteiger partial charge in [0.05, 0.1) is 5.52 Å². The fourth-order valence-corrected chi connectivity index (χ4v) is 4.90. The Balaban J connectivity index is 1.49. The molecule has 0 unspecified atom stereocenters. The van der Waals surface area contributed by atoms with Crippen molar-refractivity contribution in [2.24, 2.45) is 0 Å². The van der Waals surface area contributed by atoms with Gasteiger partial charge >= 0.3 is 0 Å². The average molecular weight is 399 g/mol. The fourth-order valence-electron chi connectivity index (χ4n) is 4.90. The van der Waals surface area contributed by atoms with E-state index in [0.29, 0.717) is 0 Å². The van der Waals surface area contributed by atoms with E-state index in [4.69, 9.17) is 0 Å². The van der Waals surface area contributed by atoms with Crippen LogP contribution in [0.15, 0.2) is 97.5 Å². The first kappa shape index (κ1) is 18.0. The molecule has 0 aliphatic heterocycles. The van der Waals surface area contributed by atoms with Gasteiger partial charge in [0.25, 0.3) is 0 Å². The molecule has 2 nitrogen and oxygen atoms in total. The summed E-state index contributed by atoms with van der Waals surface area (Å²) in [5.41, 5.74) is 11.3. The Morgan fingerprint density at radius 3 is 2.16 bits per heavy atom. The number of fused-ring (bicyclic) bond motifs is 4. The van der Waals surface area contributed by atoms with E-state index >= 15 is 0 Å². The number of pyridine rings is 2. The molecule has 3 aromatic carbocycles. The molecule has 0 bridgehead atoms. The number of aromatic nitrogens is 2. The molecule has 0 spiro atoms. The second kappa shape index (κ2) is 6.61. The highest BCUT2D eigenvalue weighted by Crippen LogP contribution is 2.50. The molecule has 31 heavy (non-hydrogen) atoms. The summed E-state index contributed by atoms with van der Waals surface area (Å²) >= 11 is 0. The third-order valence-corrected chi connectivity index (χ3v) is 6.61. The molecule has 1 aliphatic carbocycles. The first-order valence-electron chi connectivity index (χ1n) is 10.7. The van der Waals surface area contributed by atoms with E-state index in [-0.39, 0.29) is 5.41 Å². The van der Waals surface area contributed by atoms with Gasteiger partial charge in [-0.1, -0.05) is 50.2 Å². The molecule has 1 aliphatic rings. The number of hydrogen-bond acceptors (Lipinski definition) is 2. The average Bonchev–Trinajstić information content (AvgIpc) is 3.04. The summed E-state index contributed by atoms with van der Waals surface area (Å²) < 4.78 is 0. The van der Waals surface area contributed by atoms with E-state index in [1.165, 1.54) is 49.9 Å². The Bertz CT molecular complexity index is 1450. The highest BCUT2D eigenvalue weighted by atomic mass is 14.6. The maximum Gasteiger partial charge on any atom is 0.0705 e. The minimum Gasteiger partial charge on any atom is -0.265 e. The van der Waals surface area contributed by atoms with Crippen LogP contribution in [0.2, 0.25) is 0 Å². The van der Waals surface area contributed by atoms with Crippen LogP contribution in [0, 0.1) is 0 Å². The van der Waals surface area contributed by atoms with E-state index in [2.05, 4.69) is 96.6 Å². The summed E-state index contributed by atoms with van der Waals surface area (Å²) in [5, 5.41) is 1.19. The van der Waals surface area contributed by atoms with E-state index < -0.39 is 0 Å². The third-order valence-electron chi connectivity index (χ3n) is 6.61. The third kappa shape index (κ3) is 2.79. The lowest BCUT2D eigenvalue weighted by atomic mass is 9.81. The van der Waals surface area contributed by atoms with E-state index in [0.717, 1.165) is 5.52 Å². The molecule has 0 atom stereocenters. The molecule has 0 fully saturated rings. The number of benzene rings is 3. The molecule has 2 heteroatoms. The van der Waals surface area contributed by atoms with Gasteiger partial charge in [0, 0.05) is 29.4 Å². The molecule has 0 radical (unpaired) electrons. The van der Waals surface area contributed by atoms with Crippen molar-refractivity contribution in [3.63, 3.8) is 0 Å². The van der Waals surface area contributed by atoms with E-state index in [9.17, 15) is 0 Å². The van der Waals surface area contributed by atoms with Crippen LogP contribution >= 0.6 is 0 Å². The summed E-state index contributed by atoms with van der Waals surface area (Å²) in [6.07, 6.45) is 5.56. The standard InChI is InChI=1S/C29H22N2/c1-29(2)26-17-22(21-6-3-5-20(15-21)19-10-13-30-14-11-19)8-9-24(26)25-16-23-7-4-12-31-28(23)18-27(25)29/h3-18H,1-2H3. The van der Waals surface area contributed by atoms with Crippen LogP contribution in [0.25, 0.3) is 44.3 Å². The molecule has 148 valence electrons. The van der Waals surface area contributed by atoms with Crippen LogP contribution in [0.1, 0.15) is 25.0 Å². The molecule has 0 saturated carbocycles. The predicted molar refractivity (Wildman–Crippen MR) is 128 cm³/mol. The van der Waals surface area contributed by atoms with Crippen molar-refractivity contribution in [3.05, 3.63) is 109 Å². The smallest absolute Gasteiger partial charge is 0.0705 e. The van der Waals surface area contributed by atoms with Crippen molar-refractivity contribution < 1.29 is 0 Å². The number of rotatable bonds is 2. The van der Waals surface area contributed by atoms with Crippen molar-refractivity contribution in [1.29, 1.82) is 0 Å². The SMILES string of the molecule is CC1(C)c2cc(-c3cccc(-c4ccncc4)c3)ccc2-c2cc3cccnc3cc21. The van der Waals surface area contributed by atoms with Gasteiger partial charge in [-0.25, -0.2) is 0 Å². The first-order chi connectivity index (χ1) is 15.1. The summed E-state index contributed by atoms with van der Waals surface area (Å²) in [5.74, 6) is 0. The van der Waals surface area contributed by atoms with Crippen LogP contribution < -0.4 is 0 Å². The zero-order valence-electron chi connectivity index (χ0n) is 17.6. The van der Waals surface area contributed by atoms with Gasteiger partial charge in [0.1, 0.15) is 0 Å². The Morgan fingerprint density at radius 1 is 0.581 bits per heavy atom. The van der Waals surface area contributed by atoms with Gasteiger partial charge in [-0.3, -0.25) is 9.97 Å². The molecule has 5 aromatic rings. The molecule has 0 amide bonds. The zero-order valence-corrected chi connectivity index (χ0v) is 17.6. The second-order valence-corrected chi connectivity index (χ2v) is 8.80. The quantitative estimate of drug-likeness (QED) is 0.312. The Morgan fingerprint density at radius 2 is 1.32 bits per heavy atom. The zero-order chi connectivity index (χ0) is 21.0. The molecular formula is C29H22N2. The molecule has 6 rings (SSSR count). The van der Waals surface area contributed by atoms with E-state index in [1.54, 1.807) is 0 Å². The highest BCUT2D eigenvalue weighted by molar-refractivity contribution is 5.92. The summed E-state index contributed by atoms with van der Waals surface area (Å²) in [6.45, 7) is 4.65. The van der Waals surface area contributed by atoms with Gasteiger partial charge in [-0.05, 0) is 87.0 Å². The van der Waals surface area contributed by atoms with Crippen molar-refractivity contribution in [3.8, 4) is 33.4 Å². The van der Waals surface area contributed by atoms with Gasteiger partial charge in [0.2, 0.25) is 0 Å². The summed E-state index contributed by atoms with van der Waals surface area (Å²) in [6, 6.07) is 28.5. The van der Waals surface area contributed by atoms with Gasteiger partial charge < -0.3 is 0 Å². The lowest BCUT2D eigenvalue weighted by molar-refractivity contribution is 0.661. The topological polar surface area (TPSA) is 25.8 Å². The van der Waals surface area contributed by atoms with Gasteiger partial charge in [-0.2, -0.15) is 0 Å². The van der Waals surface area contributed by atoms with Crippen LogP contribution in [0.5, 0.6) is 0 Å². The van der Waals surface area contributed by atoms with Gasteiger partial charge in [-0.15, -0.1) is 0 Å². The second-order valence-electron chi connectivity index (χ2n) is 8.80. The summed E-state index contributed by atoms with van der Waals surface area (Å²) in [4.78, 5) is 8.73. The Labute approximate surface area is 182 Å². The highest BCUT2D eigenvalue weighted by Gasteiger charge is 2.36. The molecule has 2 heterocycles. The molecular weight excluding hydrogens is 376 g/mol. The van der Waals surface area contributed by atoms with Crippen molar-refractivity contribution in [1.82, 2.24) is 9.97 Å². The van der Waals surface area contributed by atoms with Crippen molar-refractivity contribution in [2.45, 2.75) is 19.3 Å². The largest absolute Gasteiger partial charge is 0.265 e. The van der Waals surface area contributed by atoms with Crippen LogP contribution in [-0.2, 0) is 5.41 Å². The van der Waals surface area contributed by atoms with Gasteiger partial charge in [0.15, 0.2) is 0 Å². The maximum atomic E-state index is 4.59. The Hall–Kier alpha value is -3.78. The van der Waals surface area contributed by atoms with Crippen molar-refractivity contribution >= 4 is 10.9 Å².